The lowest BCUT2D eigenvalue weighted by atomic mass is 9.92. The molecule has 2 aromatic rings. The van der Waals surface area contributed by atoms with Crippen molar-refractivity contribution in [3.63, 3.8) is 0 Å². The summed E-state index contributed by atoms with van der Waals surface area (Å²) in [5.41, 5.74) is 1.24. The zero-order valence-electron chi connectivity index (χ0n) is 23.1. The number of rotatable bonds is 12. The maximum absolute atomic E-state index is 14.7. The highest BCUT2D eigenvalue weighted by molar-refractivity contribution is 7.11. The number of carbonyl (C=O) groups is 2. The molecule has 3 heterocycles. The Kier molecular flexibility index (Phi) is 9.82. The summed E-state index contributed by atoms with van der Waals surface area (Å²) < 4.78 is 49.5. The predicted molar refractivity (Wildman–Crippen MR) is 149 cm³/mol. The van der Waals surface area contributed by atoms with Gasteiger partial charge < -0.3 is 20.5 Å². The normalized spacial score (nSPS) is 21.4. The van der Waals surface area contributed by atoms with Crippen LogP contribution >= 0.6 is 11.3 Å². The Labute approximate surface area is 240 Å². The molecule has 3 N–H and O–H groups in total. The SMILES string of the molecule is CCOC(=O)C1=C(CN2CC(F)(F)C[C@@H]2CCNC[C@@H](C)C(=O)O)NC(c2nccs2)=N[C@H]1c1cccc(F)c1C. The number of nitrogens with zero attached hydrogens (tertiary/aromatic N) is 3. The van der Waals surface area contributed by atoms with Crippen molar-refractivity contribution < 1.29 is 32.6 Å². The third-order valence-electron chi connectivity index (χ3n) is 7.23. The number of hydrogen-bond donors (Lipinski definition) is 3. The van der Waals surface area contributed by atoms with Gasteiger partial charge in [0.25, 0.3) is 5.92 Å². The van der Waals surface area contributed by atoms with Crippen LogP contribution in [0.4, 0.5) is 13.2 Å². The molecule has 13 heteroatoms. The summed E-state index contributed by atoms with van der Waals surface area (Å²) in [4.78, 5) is 35.2. The summed E-state index contributed by atoms with van der Waals surface area (Å²) in [5.74, 6) is -5.26. The number of hydrogen-bond acceptors (Lipinski definition) is 9. The number of benzene rings is 1. The average Bonchev–Trinajstić information content (AvgIpc) is 3.55. The van der Waals surface area contributed by atoms with Gasteiger partial charge in [-0.1, -0.05) is 19.1 Å². The van der Waals surface area contributed by atoms with Gasteiger partial charge >= 0.3 is 11.9 Å². The molecule has 9 nitrogen and oxygen atoms in total. The van der Waals surface area contributed by atoms with Crippen molar-refractivity contribution in [2.75, 3.05) is 32.8 Å². The van der Waals surface area contributed by atoms with Crippen molar-refractivity contribution in [3.8, 4) is 0 Å². The number of nitrogens with one attached hydrogen (secondary N) is 2. The smallest absolute Gasteiger partial charge is 0.338 e. The fraction of sp³-hybridized carbons (Fsp3) is 0.500. The minimum atomic E-state index is -2.94. The zero-order chi connectivity index (χ0) is 29.7. The summed E-state index contributed by atoms with van der Waals surface area (Å²) in [6.07, 6.45) is 1.58. The van der Waals surface area contributed by atoms with Crippen LogP contribution in [-0.2, 0) is 14.3 Å². The van der Waals surface area contributed by atoms with Gasteiger partial charge in [0.05, 0.1) is 24.6 Å². The summed E-state index contributed by atoms with van der Waals surface area (Å²) in [7, 11) is 0. The van der Waals surface area contributed by atoms with Crippen LogP contribution in [0, 0.1) is 18.7 Å². The van der Waals surface area contributed by atoms with Gasteiger partial charge in [0.15, 0.2) is 10.8 Å². The Morgan fingerprint density at radius 3 is 2.83 bits per heavy atom. The topological polar surface area (TPSA) is 116 Å². The first-order valence-electron chi connectivity index (χ1n) is 13.5. The predicted octanol–water partition coefficient (Wildman–Crippen LogP) is 3.91. The molecule has 1 fully saturated rings. The number of halogens is 3. The second-order valence-electron chi connectivity index (χ2n) is 10.3. The largest absolute Gasteiger partial charge is 0.481 e. The number of aliphatic carboxylic acids is 1. The number of carboxylic acid groups (broad SMARTS) is 1. The first-order valence-corrected chi connectivity index (χ1v) is 14.3. The van der Waals surface area contributed by atoms with Crippen LogP contribution in [0.15, 0.2) is 46.0 Å². The molecule has 3 atom stereocenters. The minimum Gasteiger partial charge on any atom is -0.481 e. The number of aliphatic imine (C=N–C) groups is 1. The van der Waals surface area contributed by atoms with Crippen molar-refractivity contribution in [2.24, 2.45) is 10.9 Å². The van der Waals surface area contributed by atoms with Crippen molar-refractivity contribution in [3.05, 3.63) is 63.0 Å². The number of aromatic nitrogens is 1. The van der Waals surface area contributed by atoms with E-state index >= 15 is 0 Å². The monoisotopic (exact) mass is 593 g/mol. The molecule has 0 amide bonds. The van der Waals surface area contributed by atoms with E-state index < -0.39 is 48.2 Å². The van der Waals surface area contributed by atoms with Gasteiger partial charge in [-0.05, 0) is 44.0 Å². The number of likely N-dealkylation sites (tertiary alicyclic amines) is 1. The lowest BCUT2D eigenvalue weighted by Crippen LogP contribution is -2.42. The van der Waals surface area contributed by atoms with E-state index in [-0.39, 0.29) is 31.7 Å². The van der Waals surface area contributed by atoms with Crippen molar-refractivity contribution in [1.29, 1.82) is 0 Å². The highest BCUT2D eigenvalue weighted by atomic mass is 32.1. The third kappa shape index (κ3) is 7.32. The molecule has 2 aliphatic heterocycles. The summed E-state index contributed by atoms with van der Waals surface area (Å²) in [5, 5.41) is 17.6. The summed E-state index contributed by atoms with van der Waals surface area (Å²) in [6.45, 7) is 4.94. The van der Waals surface area contributed by atoms with Crippen LogP contribution in [0.2, 0.25) is 0 Å². The molecule has 2 aliphatic rings. The van der Waals surface area contributed by atoms with Crippen LogP contribution in [0.3, 0.4) is 0 Å². The van der Waals surface area contributed by atoms with Gasteiger partial charge in [-0.15, -0.1) is 11.3 Å². The zero-order valence-corrected chi connectivity index (χ0v) is 23.9. The Morgan fingerprint density at radius 2 is 2.15 bits per heavy atom. The van der Waals surface area contributed by atoms with Crippen molar-refractivity contribution in [1.82, 2.24) is 20.5 Å². The maximum Gasteiger partial charge on any atom is 0.338 e. The fourth-order valence-electron chi connectivity index (χ4n) is 5.08. The molecule has 0 bridgehead atoms. The van der Waals surface area contributed by atoms with Crippen LogP contribution in [0.1, 0.15) is 48.9 Å². The van der Waals surface area contributed by atoms with Crippen LogP contribution in [-0.4, -0.2) is 77.5 Å². The Morgan fingerprint density at radius 1 is 1.37 bits per heavy atom. The number of alkyl halides is 2. The number of carboxylic acids is 1. The quantitative estimate of drug-likeness (QED) is 0.251. The molecule has 1 aromatic carbocycles. The lowest BCUT2D eigenvalue weighted by Gasteiger charge is -2.31. The first-order chi connectivity index (χ1) is 19.5. The highest BCUT2D eigenvalue weighted by Gasteiger charge is 2.45. The molecule has 222 valence electrons. The van der Waals surface area contributed by atoms with E-state index in [0.717, 1.165) is 0 Å². The van der Waals surface area contributed by atoms with Crippen molar-refractivity contribution >= 4 is 29.1 Å². The molecule has 0 aliphatic carbocycles. The molecule has 1 saturated heterocycles. The van der Waals surface area contributed by atoms with Gasteiger partial charge in [0.2, 0.25) is 0 Å². The molecule has 0 radical (unpaired) electrons. The van der Waals surface area contributed by atoms with Gasteiger partial charge in [-0.25, -0.2) is 22.9 Å². The second-order valence-corrected chi connectivity index (χ2v) is 11.2. The molecule has 1 aromatic heterocycles. The van der Waals surface area contributed by atoms with Gasteiger partial charge in [0.1, 0.15) is 11.9 Å². The average molecular weight is 594 g/mol. The van der Waals surface area contributed by atoms with E-state index in [1.807, 2.05) is 0 Å². The molecular formula is C28H34F3N5O4S. The van der Waals surface area contributed by atoms with Crippen LogP contribution in [0.5, 0.6) is 0 Å². The molecule has 0 unspecified atom stereocenters. The first kappa shape index (κ1) is 30.7. The van der Waals surface area contributed by atoms with Crippen LogP contribution in [0.25, 0.3) is 0 Å². The second kappa shape index (κ2) is 13.1. The van der Waals surface area contributed by atoms with E-state index in [4.69, 9.17) is 14.8 Å². The molecular weight excluding hydrogens is 559 g/mol. The van der Waals surface area contributed by atoms with Crippen LogP contribution < -0.4 is 10.6 Å². The fourth-order valence-corrected chi connectivity index (χ4v) is 5.66. The molecule has 41 heavy (non-hydrogen) atoms. The summed E-state index contributed by atoms with van der Waals surface area (Å²) in [6, 6.07) is 3.07. The van der Waals surface area contributed by atoms with E-state index in [9.17, 15) is 22.8 Å². The highest BCUT2D eigenvalue weighted by Crippen LogP contribution is 2.38. The van der Waals surface area contributed by atoms with E-state index in [0.29, 0.717) is 40.6 Å². The summed E-state index contributed by atoms with van der Waals surface area (Å²) >= 11 is 1.32. The Balaban J connectivity index is 1.69. The van der Waals surface area contributed by atoms with E-state index in [1.165, 1.54) is 23.5 Å². The molecule has 4 rings (SSSR count). The lowest BCUT2D eigenvalue weighted by molar-refractivity contribution is -0.141. The molecule has 0 spiro atoms. The van der Waals surface area contributed by atoms with Crippen molar-refractivity contribution in [2.45, 2.75) is 51.6 Å². The third-order valence-corrected chi connectivity index (χ3v) is 8.01. The number of thiazole rings is 1. The standard InChI is InChI=1S/C28H34F3N5O4S/c1-4-40-27(39)22-21(14-36-15-28(30,31)12-18(36)8-9-32-13-16(2)26(37)38)34-24(25-33-10-11-41-25)35-23(22)19-6-5-7-20(29)17(19)3/h5-7,10-11,16,18,23,32H,4,8-9,12-15H2,1-3H3,(H,34,35)(H,37,38)/t16-,18+,23+/m1/s1. The number of carbonyl (C=O) groups excluding carboxylic acids is 1. The maximum atomic E-state index is 14.7. The number of ether oxygens (including phenoxy) is 1. The van der Waals surface area contributed by atoms with Gasteiger partial charge in [-0.2, -0.15) is 0 Å². The number of esters is 1. The van der Waals surface area contributed by atoms with Gasteiger partial charge in [-0.3, -0.25) is 14.7 Å². The number of amidine groups is 1. The Hall–Kier alpha value is -3.29. The van der Waals surface area contributed by atoms with Gasteiger partial charge in [0, 0.05) is 42.8 Å². The minimum absolute atomic E-state index is 0.0325. The van der Waals surface area contributed by atoms with E-state index in [1.54, 1.807) is 43.3 Å². The molecule has 0 saturated carbocycles. The van der Waals surface area contributed by atoms with E-state index in [2.05, 4.69) is 15.6 Å². The Bertz CT molecular complexity index is 1320.